The Morgan fingerprint density at radius 3 is 2.45 bits per heavy atom. The van der Waals surface area contributed by atoms with Crippen molar-refractivity contribution in [2.45, 2.75) is 58.2 Å². The molecule has 0 bridgehead atoms. The summed E-state index contributed by atoms with van der Waals surface area (Å²) >= 11 is 0. The number of benzene rings is 2. The van der Waals surface area contributed by atoms with Gasteiger partial charge in [0.2, 0.25) is 5.91 Å². The predicted molar refractivity (Wildman–Crippen MR) is 124 cm³/mol. The summed E-state index contributed by atoms with van der Waals surface area (Å²) in [5.74, 6) is 0.441. The zero-order valence-electron chi connectivity index (χ0n) is 18.7. The summed E-state index contributed by atoms with van der Waals surface area (Å²) in [4.78, 5) is 17.6. The van der Waals surface area contributed by atoms with E-state index in [1.54, 1.807) is 0 Å². The zero-order valence-corrected chi connectivity index (χ0v) is 18.7. The van der Waals surface area contributed by atoms with E-state index < -0.39 is 0 Å². The fourth-order valence-corrected chi connectivity index (χ4v) is 5.39. The number of hydrogen-bond donors (Lipinski definition) is 0. The van der Waals surface area contributed by atoms with Crippen LogP contribution < -0.4 is 0 Å². The standard InChI is InChI=1S/C27H34N2O2/c1-20-3-2-13-28(20)14-10-21-4-6-22(7-5-21)24-8-9-25-18-29(19-26(25)17-24)27(30)23-11-15-31-16-12-23/h4-9,17,20,23H,2-3,10-16,18-19H2,1H3/t20-/m1/s1. The number of amides is 1. The van der Waals surface area contributed by atoms with E-state index in [0.29, 0.717) is 19.1 Å². The average molecular weight is 419 g/mol. The maximum Gasteiger partial charge on any atom is 0.226 e. The minimum absolute atomic E-state index is 0.138. The molecular weight excluding hydrogens is 384 g/mol. The molecule has 2 aromatic rings. The summed E-state index contributed by atoms with van der Waals surface area (Å²) in [7, 11) is 0. The van der Waals surface area contributed by atoms with Crippen molar-refractivity contribution in [1.82, 2.24) is 9.80 Å². The second kappa shape index (κ2) is 9.13. The van der Waals surface area contributed by atoms with Crippen LogP contribution in [0.2, 0.25) is 0 Å². The minimum Gasteiger partial charge on any atom is -0.381 e. The molecule has 164 valence electrons. The molecule has 4 heteroatoms. The van der Waals surface area contributed by atoms with Gasteiger partial charge >= 0.3 is 0 Å². The number of rotatable bonds is 5. The van der Waals surface area contributed by atoms with Crippen LogP contribution in [0.1, 0.15) is 49.3 Å². The highest BCUT2D eigenvalue weighted by molar-refractivity contribution is 5.80. The van der Waals surface area contributed by atoms with Gasteiger partial charge in [-0.3, -0.25) is 4.79 Å². The molecule has 4 nitrogen and oxygen atoms in total. The van der Waals surface area contributed by atoms with Gasteiger partial charge < -0.3 is 14.5 Å². The lowest BCUT2D eigenvalue weighted by Gasteiger charge is -2.26. The van der Waals surface area contributed by atoms with E-state index in [0.717, 1.165) is 44.9 Å². The molecule has 3 aliphatic rings. The minimum atomic E-state index is 0.138. The van der Waals surface area contributed by atoms with Gasteiger partial charge in [-0.2, -0.15) is 0 Å². The van der Waals surface area contributed by atoms with Gasteiger partial charge in [-0.1, -0.05) is 36.4 Å². The number of fused-ring (bicyclic) bond motifs is 1. The van der Waals surface area contributed by atoms with Crippen LogP contribution in [0.15, 0.2) is 42.5 Å². The first-order chi connectivity index (χ1) is 15.2. The van der Waals surface area contributed by atoms with Gasteiger partial charge in [-0.05, 0) is 79.5 Å². The van der Waals surface area contributed by atoms with Crippen LogP contribution in [-0.2, 0) is 29.0 Å². The molecule has 31 heavy (non-hydrogen) atoms. The van der Waals surface area contributed by atoms with E-state index in [1.165, 1.54) is 47.2 Å². The third-order valence-corrected chi connectivity index (χ3v) is 7.48. The molecule has 1 amide bonds. The summed E-state index contributed by atoms with van der Waals surface area (Å²) in [6, 6.07) is 16.5. The van der Waals surface area contributed by atoms with Crippen molar-refractivity contribution in [2.75, 3.05) is 26.3 Å². The largest absolute Gasteiger partial charge is 0.381 e. The van der Waals surface area contributed by atoms with Gasteiger partial charge in [-0.25, -0.2) is 0 Å². The Kier molecular flexibility index (Phi) is 6.10. The Morgan fingerprint density at radius 2 is 1.71 bits per heavy atom. The lowest BCUT2D eigenvalue weighted by molar-refractivity contribution is -0.139. The summed E-state index contributed by atoms with van der Waals surface area (Å²) in [5, 5.41) is 0. The van der Waals surface area contributed by atoms with E-state index in [4.69, 9.17) is 4.74 Å². The summed E-state index contributed by atoms with van der Waals surface area (Å²) < 4.78 is 5.42. The van der Waals surface area contributed by atoms with Crippen LogP contribution in [0.5, 0.6) is 0 Å². The fraction of sp³-hybridized carbons (Fsp3) is 0.519. The Labute approximate surface area is 186 Å². The maximum atomic E-state index is 12.9. The van der Waals surface area contributed by atoms with E-state index in [1.807, 2.05) is 4.90 Å². The molecule has 0 aromatic heterocycles. The first-order valence-corrected chi connectivity index (χ1v) is 12.0. The molecule has 2 aromatic carbocycles. The fourth-order valence-electron chi connectivity index (χ4n) is 5.39. The third kappa shape index (κ3) is 4.56. The summed E-state index contributed by atoms with van der Waals surface area (Å²) in [6.07, 6.45) is 5.53. The van der Waals surface area contributed by atoms with Crippen LogP contribution in [0.25, 0.3) is 11.1 Å². The van der Waals surface area contributed by atoms with Crippen LogP contribution in [0.4, 0.5) is 0 Å². The highest BCUT2D eigenvalue weighted by atomic mass is 16.5. The zero-order chi connectivity index (χ0) is 21.2. The molecule has 1 atom stereocenters. The highest BCUT2D eigenvalue weighted by Crippen LogP contribution is 2.31. The van der Waals surface area contributed by atoms with Crippen LogP contribution in [-0.4, -0.2) is 48.1 Å². The lowest BCUT2D eigenvalue weighted by Crippen LogP contribution is -2.35. The quantitative estimate of drug-likeness (QED) is 0.709. The smallest absolute Gasteiger partial charge is 0.226 e. The second-order valence-corrected chi connectivity index (χ2v) is 9.54. The Morgan fingerprint density at radius 1 is 0.968 bits per heavy atom. The number of hydrogen-bond acceptors (Lipinski definition) is 3. The molecule has 3 heterocycles. The van der Waals surface area contributed by atoms with Crippen molar-refractivity contribution in [1.29, 1.82) is 0 Å². The molecular formula is C27H34N2O2. The number of ether oxygens (including phenoxy) is 1. The SMILES string of the molecule is C[C@@H]1CCCN1CCc1ccc(-c2ccc3c(c2)CN(C(=O)C2CCOCC2)C3)cc1. The molecule has 0 saturated carbocycles. The third-order valence-electron chi connectivity index (χ3n) is 7.48. The highest BCUT2D eigenvalue weighted by Gasteiger charge is 2.30. The first-order valence-electron chi connectivity index (χ1n) is 12.0. The second-order valence-electron chi connectivity index (χ2n) is 9.54. The Bertz CT molecular complexity index is 917. The van der Waals surface area contributed by atoms with E-state index in [9.17, 15) is 4.79 Å². The molecule has 5 rings (SSSR count). The molecule has 0 aliphatic carbocycles. The predicted octanol–water partition coefficient (Wildman–Crippen LogP) is 4.65. The maximum absolute atomic E-state index is 12.9. The van der Waals surface area contributed by atoms with Crippen LogP contribution in [0.3, 0.4) is 0 Å². The first kappa shape index (κ1) is 20.7. The number of carbonyl (C=O) groups is 1. The monoisotopic (exact) mass is 418 g/mol. The van der Waals surface area contributed by atoms with Crippen molar-refractivity contribution >= 4 is 5.91 Å². The molecule has 2 fully saturated rings. The van der Waals surface area contributed by atoms with Gasteiger partial charge in [0.1, 0.15) is 0 Å². The van der Waals surface area contributed by atoms with E-state index >= 15 is 0 Å². The van der Waals surface area contributed by atoms with E-state index in [-0.39, 0.29) is 5.92 Å². The van der Waals surface area contributed by atoms with Crippen LogP contribution in [0, 0.1) is 5.92 Å². The summed E-state index contributed by atoms with van der Waals surface area (Å²) in [6.45, 7) is 7.69. The van der Waals surface area contributed by atoms with Crippen molar-refractivity contribution in [3.05, 3.63) is 59.2 Å². The molecule has 0 radical (unpaired) electrons. The molecule has 2 saturated heterocycles. The van der Waals surface area contributed by atoms with Gasteiger partial charge in [0.25, 0.3) is 0 Å². The molecule has 0 spiro atoms. The van der Waals surface area contributed by atoms with Gasteiger partial charge in [-0.15, -0.1) is 0 Å². The molecule has 3 aliphatic heterocycles. The van der Waals surface area contributed by atoms with Crippen molar-refractivity contribution < 1.29 is 9.53 Å². The summed E-state index contributed by atoms with van der Waals surface area (Å²) in [5.41, 5.74) is 6.51. The molecule has 0 N–H and O–H groups in total. The average Bonchev–Trinajstić information content (AvgIpc) is 3.43. The van der Waals surface area contributed by atoms with Gasteiger partial charge in [0.05, 0.1) is 0 Å². The lowest BCUT2D eigenvalue weighted by atomic mass is 9.99. The van der Waals surface area contributed by atoms with Crippen LogP contribution >= 0.6 is 0 Å². The number of nitrogens with zero attached hydrogens (tertiary/aromatic N) is 2. The Balaban J connectivity index is 1.22. The normalized spacial score (nSPS) is 22.1. The van der Waals surface area contributed by atoms with Gasteiger partial charge in [0.15, 0.2) is 0 Å². The topological polar surface area (TPSA) is 32.8 Å². The van der Waals surface area contributed by atoms with Gasteiger partial charge in [0, 0.05) is 44.8 Å². The van der Waals surface area contributed by atoms with E-state index in [2.05, 4.69) is 54.3 Å². The number of likely N-dealkylation sites (tertiary alicyclic amines) is 1. The van der Waals surface area contributed by atoms with Crippen molar-refractivity contribution in [3.63, 3.8) is 0 Å². The molecule has 0 unspecified atom stereocenters. The Hall–Kier alpha value is -2.17. The van der Waals surface area contributed by atoms with Crippen molar-refractivity contribution in [3.8, 4) is 11.1 Å². The number of carbonyl (C=O) groups excluding carboxylic acids is 1. The van der Waals surface area contributed by atoms with Crippen molar-refractivity contribution in [2.24, 2.45) is 5.92 Å².